The normalized spacial score (nSPS) is 23.5. The van der Waals surface area contributed by atoms with Gasteiger partial charge in [-0.3, -0.25) is 9.59 Å². The minimum atomic E-state index is -0.333. The Bertz CT molecular complexity index is 1340. The molecule has 218 valence electrons. The number of carbonyl (C=O) groups is 2. The van der Waals surface area contributed by atoms with Crippen molar-refractivity contribution in [3.05, 3.63) is 70.4 Å². The van der Waals surface area contributed by atoms with Crippen LogP contribution in [0.15, 0.2) is 53.1 Å². The first-order valence-electron chi connectivity index (χ1n) is 15.0. The number of benzene rings is 2. The highest BCUT2D eigenvalue weighted by molar-refractivity contribution is 6.33. The zero-order valence-electron chi connectivity index (χ0n) is 24.0. The number of anilines is 1. The summed E-state index contributed by atoms with van der Waals surface area (Å²) in [6.45, 7) is 3.63. The molecular formula is C33H41ClN4O3. The largest absolute Gasteiger partial charge is 0.360 e. The van der Waals surface area contributed by atoms with E-state index in [0.717, 1.165) is 30.2 Å². The molecule has 3 aromatic rings. The van der Waals surface area contributed by atoms with Gasteiger partial charge in [0.2, 0.25) is 5.91 Å². The number of rotatable bonds is 8. The molecule has 8 heteroatoms. The van der Waals surface area contributed by atoms with Gasteiger partial charge < -0.3 is 20.9 Å². The molecule has 1 unspecified atom stereocenters. The van der Waals surface area contributed by atoms with Gasteiger partial charge in [-0.05, 0) is 107 Å². The average Bonchev–Trinajstić information content (AvgIpc) is 3.36. The lowest BCUT2D eigenvalue weighted by atomic mass is 9.76. The van der Waals surface area contributed by atoms with Crippen LogP contribution in [0.4, 0.5) is 5.69 Å². The Balaban J connectivity index is 1.12. The van der Waals surface area contributed by atoms with Crippen molar-refractivity contribution in [1.82, 2.24) is 10.5 Å². The molecule has 0 bridgehead atoms. The Morgan fingerprint density at radius 2 is 1.61 bits per heavy atom. The van der Waals surface area contributed by atoms with Crippen LogP contribution in [0.2, 0.25) is 5.02 Å². The minimum Gasteiger partial charge on any atom is -0.360 e. The molecule has 2 saturated carbocycles. The molecule has 0 saturated heterocycles. The van der Waals surface area contributed by atoms with Crippen molar-refractivity contribution < 1.29 is 14.1 Å². The van der Waals surface area contributed by atoms with Crippen LogP contribution in [-0.4, -0.2) is 29.1 Å². The summed E-state index contributed by atoms with van der Waals surface area (Å²) in [5.41, 5.74) is 8.98. The fourth-order valence-electron chi connectivity index (χ4n) is 6.44. The molecule has 0 aliphatic heterocycles. The fourth-order valence-corrected chi connectivity index (χ4v) is 6.67. The van der Waals surface area contributed by atoms with Gasteiger partial charge in [-0.1, -0.05) is 47.1 Å². The molecule has 2 aliphatic rings. The van der Waals surface area contributed by atoms with E-state index in [1.165, 1.54) is 44.9 Å². The quantitative estimate of drug-likeness (QED) is 0.262. The van der Waals surface area contributed by atoms with E-state index in [1.54, 1.807) is 19.1 Å². The van der Waals surface area contributed by atoms with E-state index >= 15 is 0 Å². The molecule has 0 spiro atoms. The maximum atomic E-state index is 13.2. The van der Waals surface area contributed by atoms with Crippen molar-refractivity contribution in [2.75, 3.05) is 5.32 Å². The number of aryl methyl sites for hydroxylation is 1. The summed E-state index contributed by atoms with van der Waals surface area (Å²) in [5.74, 6) is 1.47. The molecule has 5 rings (SSSR count). The third-order valence-corrected chi connectivity index (χ3v) is 9.36. The Hall–Kier alpha value is -3.16. The highest BCUT2D eigenvalue weighted by atomic mass is 35.5. The number of nitrogens with one attached hydrogen (secondary N) is 2. The number of aromatic nitrogens is 1. The maximum Gasteiger partial charge on any atom is 0.261 e. The summed E-state index contributed by atoms with van der Waals surface area (Å²) < 4.78 is 5.33. The van der Waals surface area contributed by atoms with E-state index < -0.39 is 0 Å². The number of hydrogen-bond donors (Lipinski definition) is 3. The number of nitrogens with two attached hydrogens (primary N) is 1. The topological polar surface area (TPSA) is 110 Å². The summed E-state index contributed by atoms with van der Waals surface area (Å²) in [6.07, 6.45) is 10.7. The summed E-state index contributed by atoms with van der Waals surface area (Å²) in [6, 6.07) is 15.3. The second-order valence-electron chi connectivity index (χ2n) is 12.0. The number of halogens is 1. The molecular weight excluding hydrogens is 536 g/mol. The average molecular weight is 577 g/mol. The zero-order valence-corrected chi connectivity index (χ0v) is 24.8. The van der Waals surface area contributed by atoms with Crippen LogP contribution in [0, 0.1) is 18.8 Å². The fraction of sp³-hybridized carbons (Fsp3) is 0.485. The van der Waals surface area contributed by atoms with Gasteiger partial charge in [0.15, 0.2) is 0 Å². The molecule has 41 heavy (non-hydrogen) atoms. The van der Waals surface area contributed by atoms with Gasteiger partial charge in [0.05, 0.1) is 10.9 Å². The Morgan fingerprint density at radius 3 is 2.27 bits per heavy atom. The van der Waals surface area contributed by atoms with Crippen LogP contribution < -0.4 is 16.4 Å². The van der Waals surface area contributed by atoms with Crippen molar-refractivity contribution in [3.63, 3.8) is 0 Å². The first-order chi connectivity index (χ1) is 19.8. The number of amides is 2. The van der Waals surface area contributed by atoms with Crippen molar-refractivity contribution in [1.29, 1.82) is 0 Å². The molecule has 2 amide bonds. The zero-order chi connectivity index (χ0) is 28.9. The van der Waals surface area contributed by atoms with Crippen LogP contribution in [0.5, 0.6) is 0 Å². The van der Waals surface area contributed by atoms with E-state index in [0.29, 0.717) is 39.3 Å². The van der Waals surface area contributed by atoms with Crippen molar-refractivity contribution in [2.24, 2.45) is 17.6 Å². The van der Waals surface area contributed by atoms with Gasteiger partial charge in [0, 0.05) is 23.3 Å². The van der Waals surface area contributed by atoms with Crippen molar-refractivity contribution in [3.8, 4) is 11.3 Å². The summed E-state index contributed by atoms with van der Waals surface area (Å²) in [7, 11) is 0. The van der Waals surface area contributed by atoms with Crippen molar-refractivity contribution in [2.45, 2.75) is 89.6 Å². The van der Waals surface area contributed by atoms with E-state index in [9.17, 15) is 9.59 Å². The predicted octanol–water partition coefficient (Wildman–Crippen LogP) is 7.24. The Morgan fingerprint density at radius 1 is 0.976 bits per heavy atom. The maximum absolute atomic E-state index is 13.2. The van der Waals surface area contributed by atoms with E-state index in [2.05, 4.69) is 15.8 Å². The second kappa shape index (κ2) is 13.2. The summed E-state index contributed by atoms with van der Waals surface area (Å²) >= 11 is 6.34. The molecule has 0 radical (unpaired) electrons. The van der Waals surface area contributed by atoms with E-state index in [-0.39, 0.29) is 23.8 Å². The monoisotopic (exact) mass is 576 g/mol. The highest BCUT2D eigenvalue weighted by Crippen LogP contribution is 2.35. The van der Waals surface area contributed by atoms with Crippen LogP contribution in [0.1, 0.15) is 92.3 Å². The number of carbonyl (C=O) groups excluding carboxylic acids is 2. The molecule has 1 atom stereocenters. The van der Waals surface area contributed by atoms with Gasteiger partial charge in [0.1, 0.15) is 17.0 Å². The van der Waals surface area contributed by atoms with Crippen LogP contribution >= 0.6 is 11.6 Å². The van der Waals surface area contributed by atoms with Gasteiger partial charge in [-0.2, -0.15) is 0 Å². The highest BCUT2D eigenvalue weighted by Gasteiger charge is 2.28. The van der Waals surface area contributed by atoms with E-state index in [4.69, 9.17) is 21.9 Å². The SMILES string of the molecule is Cc1onc(-c2ccccc2Cl)c1C(=O)Nc1ccc(C(C)C(=O)NC2CCC(CC3CCC(N)CC3)CC2)cc1. The lowest BCUT2D eigenvalue weighted by molar-refractivity contribution is -0.123. The lowest BCUT2D eigenvalue weighted by Gasteiger charge is -2.34. The van der Waals surface area contributed by atoms with Crippen LogP contribution in [0.3, 0.4) is 0 Å². The summed E-state index contributed by atoms with van der Waals surface area (Å²) in [5, 5.41) is 10.8. The third kappa shape index (κ3) is 7.19. The van der Waals surface area contributed by atoms with Gasteiger partial charge in [0.25, 0.3) is 5.91 Å². The predicted molar refractivity (Wildman–Crippen MR) is 163 cm³/mol. The summed E-state index contributed by atoms with van der Waals surface area (Å²) in [4.78, 5) is 26.2. The molecule has 1 heterocycles. The first kappa shape index (κ1) is 29.3. The van der Waals surface area contributed by atoms with E-state index in [1.807, 2.05) is 43.3 Å². The molecule has 2 aliphatic carbocycles. The first-order valence-corrected chi connectivity index (χ1v) is 15.3. The van der Waals surface area contributed by atoms with Crippen LogP contribution in [0.25, 0.3) is 11.3 Å². The molecule has 2 aromatic carbocycles. The lowest BCUT2D eigenvalue weighted by Crippen LogP contribution is -2.40. The van der Waals surface area contributed by atoms with Crippen molar-refractivity contribution >= 4 is 29.1 Å². The van der Waals surface area contributed by atoms with Gasteiger partial charge >= 0.3 is 0 Å². The molecule has 1 aromatic heterocycles. The Labute approximate surface area is 247 Å². The smallest absolute Gasteiger partial charge is 0.261 e. The molecule has 7 nitrogen and oxygen atoms in total. The number of hydrogen-bond acceptors (Lipinski definition) is 5. The van der Waals surface area contributed by atoms with Crippen LogP contribution in [-0.2, 0) is 4.79 Å². The standard InChI is InChI=1S/C33H41ClN4O3/c1-20(32(39)36-26-15-9-23(10-16-26)19-22-7-13-25(35)14-8-22)24-11-17-27(18-12-24)37-33(40)30-21(2)41-38-31(30)28-5-3-4-6-29(28)34/h3-6,11-12,17-18,20,22-23,25-26H,7-10,13-16,19,35H2,1-2H3,(H,36,39)(H,37,40). The van der Waals surface area contributed by atoms with Gasteiger partial charge in [-0.25, -0.2) is 0 Å². The number of nitrogens with zero attached hydrogens (tertiary/aromatic N) is 1. The molecule has 2 fully saturated rings. The third-order valence-electron chi connectivity index (χ3n) is 9.03. The minimum absolute atomic E-state index is 0.0518. The second-order valence-corrected chi connectivity index (χ2v) is 12.4. The molecule has 4 N–H and O–H groups in total. The Kier molecular flexibility index (Phi) is 9.46. The van der Waals surface area contributed by atoms with Gasteiger partial charge in [-0.15, -0.1) is 0 Å².